The van der Waals surface area contributed by atoms with Crippen LogP contribution >= 0.6 is 0 Å². The number of imidazole rings is 1. The number of hydrogen-bond donors (Lipinski definition) is 3. The largest absolute Gasteiger partial charge is 0.360 e. The van der Waals surface area contributed by atoms with E-state index < -0.39 is 0 Å². The van der Waals surface area contributed by atoms with Gasteiger partial charge in [-0.2, -0.15) is 0 Å². The maximum atomic E-state index is 12.1. The molecule has 0 aliphatic heterocycles. The molecule has 0 fully saturated rings. The molecule has 20 heavy (non-hydrogen) atoms. The smallest absolute Gasteiger partial charge is 0.253 e. The summed E-state index contributed by atoms with van der Waals surface area (Å²) in [7, 11) is 0. The van der Waals surface area contributed by atoms with Crippen molar-refractivity contribution in [1.29, 1.82) is 0 Å². The van der Waals surface area contributed by atoms with E-state index in [1.165, 1.54) is 0 Å². The number of amides is 1. The van der Waals surface area contributed by atoms with Crippen molar-refractivity contribution in [3.63, 3.8) is 0 Å². The summed E-state index contributed by atoms with van der Waals surface area (Å²) in [4.78, 5) is 22.4. The van der Waals surface area contributed by atoms with Gasteiger partial charge in [0.1, 0.15) is 5.82 Å². The number of aromatic nitrogens is 3. The zero-order chi connectivity index (χ0) is 13.8. The number of hydrogen-bond acceptors (Lipinski definition) is 2. The number of carbonyl (C=O) groups excluding carboxylic acids is 1. The number of aryl methyl sites for hydroxylation is 1. The summed E-state index contributed by atoms with van der Waals surface area (Å²) in [6, 6.07) is 8.66. The fourth-order valence-corrected chi connectivity index (χ4v) is 2.19. The highest BCUT2D eigenvalue weighted by Crippen LogP contribution is 2.16. The van der Waals surface area contributed by atoms with Crippen LogP contribution in [0.5, 0.6) is 0 Å². The van der Waals surface area contributed by atoms with E-state index in [1.54, 1.807) is 18.6 Å². The lowest BCUT2D eigenvalue weighted by molar-refractivity contribution is 0.0954. The first-order chi connectivity index (χ1) is 9.84. The molecule has 0 spiro atoms. The molecule has 3 aromatic rings. The zero-order valence-electron chi connectivity index (χ0n) is 10.9. The number of carbonyl (C=O) groups is 1. The van der Waals surface area contributed by atoms with Gasteiger partial charge in [-0.05, 0) is 12.5 Å². The van der Waals surface area contributed by atoms with E-state index in [9.17, 15) is 4.79 Å². The van der Waals surface area contributed by atoms with Crippen LogP contribution in [-0.4, -0.2) is 27.4 Å². The van der Waals surface area contributed by atoms with Crippen LogP contribution in [0, 0.1) is 6.07 Å². The molecule has 5 heteroatoms. The number of nitrogens with one attached hydrogen (secondary N) is 3. The van der Waals surface area contributed by atoms with Crippen molar-refractivity contribution in [2.24, 2.45) is 0 Å². The van der Waals surface area contributed by atoms with E-state index in [1.807, 2.05) is 18.2 Å². The van der Waals surface area contributed by atoms with Crippen LogP contribution in [0.2, 0.25) is 0 Å². The van der Waals surface area contributed by atoms with E-state index in [0.717, 1.165) is 29.6 Å². The van der Waals surface area contributed by atoms with Gasteiger partial charge in [0.15, 0.2) is 0 Å². The molecule has 3 N–H and O–H groups in total. The lowest BCUT2D eigenvalue weighted by atomic mass is 10.1. The minimum atomic E-state index is -0.0640. The molecule has 0 bridgehead atoms. The lowest BCUT2D eigenvalue weighted by Gasteiger charge is -2.05. The Labute approximate surface area is 116 Å². The standard InChI is InChI=1S/C15H15N4O/c20-15(19-7-2-5-13-16-9-10-17-13)12-4-1-3-11-6-8-18-14(11)12/h1,3-4,8-10,18H,2,5,7H2,(H,16,17)(H,19,20). The second-order valence-electron chi connectivity index (χ2n) is 4.56. The molecule has 1 aromatic carbocycles. The van der Waals surface area contributed by atoms with E-state index in [4.69, 9.17) is 0 Å². The Kier molecular flexibility index (Phi) is 3.50. The van der Waals surface area contributed by atoms with Crippen LogP contribution < -0.4 is 5.32 Å². The van der Waals surface area contributed by atoms with E-state index in [2.05, 4.69) is 26.3 Å². The average molecular weight is 267 g/mol. The SMILES string of the molecule is O=C(NCCCc1ncc[nH]1)c1cccc2[c]c[nH]c12. The van der Waals surface area contributed by atoms with Crippen LogP contribution in [0.25, 0.3) is 10.9 Å². The molecule has 1 amide bonds. The van der Waals surface area contributed by atoms with Crippen molar-refractivity contribution in [2.45, 2.75) is 12.8 Å². The summed E-state index contributed by atoms with van der Waals surface area (Å²) in [6.45, 7) is 0.625. The summed E-state index contributed by atoms with van der Waals surface area (Å²) < 4.78 is 0. The Morgan fingerprint density at radius 3 is 3.15 bits per heavy atom. The first-order valence-corrected chi connectivity index (χ1v) is 6.59. The van der Waals surface area contributed by atoms with Gasteiger partial charge in [-0.15, -0.1) is 0 Å². The predicted octanol–water partition coefficient (Wildman–Crippen LogP) is 2.05. The van der Waals surface area contributed by atoms with Crippen LogP contribution in [0.15, 0.2) is 36.8 Å². The summed E-state index contributed by atoms with van der Waals surface area (Å²) in [5.74, 6) is 0.881. The molecule has 0 aliphatic rings. The molecule has 0 aliphatic carbocycles. The molecule has 0 atom stereocenters. The number of H-pyrrole nitrogens is 2. The zero-order valence-corrected chi connectivity index (χ0v) is 10.9. The molecule has 5 nitrogen and oxygen atoms in total. The van der Waals surface area contributed by atoms with Crippen molar-refractivity contribution in [1.82, 2.24) is 20.3 Å². The molecule has 3 rings (SSSR count). The van der Waals surface area contributed by atoms with Crippen LogP contribution in [0.3, 0.4) is 0 Å². The molecule has 101 valence electrons. The molecule has 2 heterocycles. The highest BCUT2D eigenvalue weighted by Gasteiger charge is 2.09. The van der Waals surface area contributed by atoms with Crippen molar-refractivity contribution in [3.05, 3.63) is 54.2 Å². The van der Waals surface area contributed by atoms with Gasteiger partial charge in [0.2, 0.25) is 0 Å². The summed E-state index contributed by atoms with van der Waals surface area (Å²) in [5.41, 5.74) is 1.48. The van der Waals surface area contributed by atoms with Gasteiger partial charge >= 0.3 is 0 Å². The minimum Gasteiger partial charge on any atom is -0.360 e. The van der Waals surface area contributed by atoms with Gasteiger partial charge < -0.3 is 15.3 Å². The summed E-state index contributed by atoms with van der Waals surface area (Å²) in [5, 5.41) is 3.85. The molecule has 2 aromatic heterocycles. The number of para-hydroxylation sites is 1. The molecular formula is C15H15N4O. The van der Waals surface area contributed by atoms with E-state index in [0.29, 0.717) is 12.1 Å². The summed E-state index contributed by atoms with van der Waals surface area (Å²) in [6.07, 6.45) is 6.94. The van der Waals surface area contributed by atoms with Gasteiger partial charge in [0.05, 0.1) is 11.1 Å². The van der Waals surface area contributed by atoms with Crippen molar-refractivity contribution in [3.8, 4) is 0 Å². The number of nitrogens with zero attached hydrogens (tertiary/aromatic N) is 1. The van der Waals surface area contributed by atoms with Crippen molar-refractivity contribution >= 4 is 16.8 Å². The van der Waals surface area contributed by atoms with Gasteiger partial charge in [0, 0.05) is 43.0 Å². The lowest BCUT2D eigenvalue weighted by Crippen LogP contribution is -2.25. The number of aromatic amines is 2. The van der Waals surface area contributed by atoms with Crippen LogP contribution in [0.4, 0.5) is 0 Å². The normalized spacial score (nSPS) is 10.8. The van der Waals surface area contributed by atoms with Gasteiger partial charge in [-0.1, -0.05) is 12.1 Å². The topological polar surface area (TPSA) is 73.6 Å². The third kappa shape index (κ3) is 2.56. The van der Waals surface area contributed by atoms with Crippen LogP contribution in [-0.2, 0) is 6.42 Å². The Bertz CT molecular complexity index is 700. The van der Waals surface area contributed by atoms with E-state index in [-0.39, 0.29) is 5.91 Å². The fraction of sp³-hybridized carbons (Fsp3) is 0.200. The fourth-order valence-electron chi connectivity index (χ4n) is 2.19. The van der Waals surface area contributed by atoms with Crippen molar-refractivity contribution in [2.75, 3.05) is 6.54 Å². The minimum absolute atomic E-state index is 0.0640. The first-order valence-electron chi connectivity index (χ1n) is 6.59. The summed E-state index contributed by atoms with van der Waals surface area (Å²) >= 11 is 0. The highest BCUT2D eigenvalue weighted by atomic mass is 16.1. The van der Waals surface area contributed by atoms with Crippen molar-refractivity contribution < 1.29 is 4.79 Å². The molecule has 0 unspecified atom stereocenters. The maximum absolute atomic E-state index is 12.1. The molecule has 1 radical (unpaired) electrons. The highest BCUT2D eigenvalue weighted by molar-refractivity contribution is 6.05. The Morgan fingerprint density at radius 1 is 1.35 bits per heavy atom. The Balaban J connectivity index is 1.58. The Morgan fingerprint density at radius 2 is 2.30 bits per heavy atom. The third-order valence-corrected chi connectivity index (χ3v) is 3.18. The second kappa shape index (κ2) is 5.61. The van der Waals surface area contributed by atoms with E-state index >= 15 is 0 Å². The molecule has 0 saturated carbocycles. The molecule has 0 saturated heterocycles. The van der Waals surface area contributed by atoms with Crippen LogP contribution in [0.1, 0.15) is 22.6 Å². The number of rotatable bonds is 5. The average Bonchev–Trinajstić information content (AvgIpc) is 3.13. The maximum Gasteiger partial charge on any atom is 0.253 e. The van der Waals surface area contributed by atoms with Gasteiger partial charge in [-0.3, -0.25) is 4.79 Å². The monoisotopic (exact) mass is 267 g/mol. The van der Waals surface area contributed by atoms with Gasteiger partial charge in [0.25, 0.3) is 5.91 Å². The number of benzene rings is 1. The third-order valence-electron chi connectivity index (χ3n) is 3.18. The first kappa shape index (κ1) is 12.5. The number of fused-ring (bicyclic) bond motifs is 1. The molecular weight excluding hydrogens is 252 g/mol. The Hall–Kier alpha value is -2.56. The van der Waals surface area contributed by atoms with Gasteiger partial charge in [-0.25, -0.2) is 4.98 Å². The second-order valence-corrected chi connectivity index (χ2v) is 4.56. The predicted molar refractivity (Wildman–Crippen MR) is 76.4 cm³/mol. The quantitative estimate of drug-likeness (QED) is 0.619.